The van der Waals surface area contributed by atoms with E-state index < -0.39 is 17.1 Å². The number of benzene rings is 1. The zero-order valence-electron chi connectivity index (χ0n) is 9.94. The number of hydrogen-bond donors (Lipinski definition) is 1. The largest absolute Gasteiger partial charge is 0.334 e. The van der Waals surface area contributed by atoms with Crippen LogP contribution in [0.15, 0.2) is 39.9 Å². The highest BCUT2D eigenvalue weighted by molar-refractivity contribution is 7.14. The van der Waals surface area contributed by atoms with Crippen LogP contribution in [0.3, 0.4) is 0 Å². The molecule has 0 saturated carbocycles. The van der Waals surface area contributed by atoms with Gasteiger partial charge in [-0.1, -0.05) is 6.07 Å². The summed E-state index contributed by atoms with van der Waals surface area (Å²) in [6, 6.07) is 7.63. The molecule has 0 unspecified atom stereocenters. The summed E-state index contributed by atoms with van der Waals surface area (Å²) in [4.78, 5) is 27.7. The van der Waals surface area contributed by atoms with Crippen LogP contribution in [0, 0.1) is 12.7 Å². The van der Waals surface area contributed by atoms with Crippen LogP contribution in [0.1, 0.15) is 4.88 Å². The molecule has 0 aliphatic rings. The van der Waals surface area contributed by atoms with E-state index >= 15 is 0 Å². The van der Waals surface area contributed by atoms with Crippen LogP contribution >= 0.6 is 11.3 Å². The van der Waals surface area contributed by atoms with E-state index in [2.05, 4.69) is 4.98 Å². The molecule has 0 aliphatic heterocycles. The number of aryl methyl sites for hydroxylation is 1. The number of nitrogens with zero attached hydrogens (tertiary/aromatic N) is 1. The standard InChI is InChI=1S/C13H9FN2O2S/c1-7-5-6-10(19-7)16-12(17)11-8(14)3-2-4-9(11)15-13(16)18/h2-6H,1H3,(H,15,18). The van der Waals surface area contributed by atoms with Gasteiger partial charge < -0.3 is 4.98 Å². The first kappa shape index (κ1) is 11.9. The fourth-order valence-corrected chi connectivity index (χ4v) is 2.82. The lowest BCUT2D eigenvalue weighted by Crippen LogP contribution is -2.33. The third-order valence-corrected chi connectivity index (χ3v) is 3.81. The summed E-state index contributed by atoms with van der Waals surface area (Å²) in [5.74, 6) is -0.638. The summed E-state index contributed by atoms with van der Waals surface area (Å²) < 4.78 is 14.7. The zero-order valence-corrected chi connectivity index (χ0v) is 10.8. The summed E-state index contributed by atoms with van der Waals surface area (Å²) in [6.45, 7) is 1.87. The summed E-state index contributed by atoms with van der Waals surface area (Å²) in [6.07, 6.45) is 0. The van der Waals surface area contributed by atoms with Crippen molar-refractivity contribution in [2.45, 2.75) is 6.92 Å². The molecule has 96 valence electrons. The molecule has 0 aliphatic carbocycles. The highest BCUT2D eigenvalue weighted by atomic mass is 32.1. The molecule has 6 heteroatoms. The lowest BCUT2D eigenvalue weighted by Gasteiger charge is -2.04. The molecule has 0 radical (unpaired) electrons. The molecule has 0 atom stereocenters. The Balaban J connectivity index is 2.47. The second-order valence-corrected chi connectivity index (χ2v) is 5.38. The zero-order chi connectivity index (χ0) is 13.6. The summed E-state index contributed by atoms with van der Waals surface area (Å²) >= 11 is 1.30. The summed E-state index contributed by atoms with van der Waals surface area (Å²) in [5.41, 5.74) is -0.997. The van der Waals surface area contributed by atoms with Gasteiger partial charge in [0.25, 0.3) is 5.56 Å². The minimum atomic E-state index is -0.640. The molecule has 2 aromatic heterocycles. The Labute approximate surface area is 110 Å². The molecule has 0 amide bonds. The van der Waals surface area contributed by atoms with Crippen LogP contribution in [0.5, 0.6) is 0 Å². The Bertz CT molecular complexity index is 892. The van der Waals surface area contributed by atoms with Gasteiger partial charge in [0.15, 0.2) is 0 Å². The predicted molar refractivity (Wildman–Crippen MR) is 72.7 cm³/mol. The Hall–Kier alpha value is -2.21. The quantitative estimate of drug-likeness (QED) is 0.740. The van der Waals surface area contributed by atoms with E-state index in [4.69, 9.17) is 0 Å². The van der Waals surface area contributed by atoms with Gasteiger partial charge in [0.1, 0.15) is 10.8 Å². The maximum atomic E-state index is 13.7. The molecule has 1 aromatic carbocycles. The van der Waals surface area contributed by atoms with Crippen LogP contribution < -0.4 is 11.2 Å². The van der Waals surface area contributed by atoms with Crippen molar-refractivity contribution in [3.63, 3.8) is 0 Å². The monoisotopic (exact) mass is 276 g/mol. The van der Waals surface area contributed by atoms with Crippen molar-refractivity contribution >= 4 is 22.2 Å². The molecule has 0 spiro atoms. The second-order valence-electron chi connectivity index (χ2n) is 4.12. The van der Waals surface area contributed by atoms with Gasteiger partial charge >= 0.3 is 5.69 Å². The molecule has 0 saturated heterocycles. The Morgan fingerprint density at radius 1 is 1.21 bits per heavy atom. The summed E-state index contributed by atoms with van der Waals surface area (Å²) in [5, 5.41) is 0.377. The molecule has 1 N–H and O–H groups in total. The van der Waals surface area contributed by atoms with E-state index in [-0.39, 0.29) is 10.9 Å². The number of aromatic amines is 1. The van der Waals surface area contributed by atoms with Crippen LogP contribution in [0.25, 0.3) is 15.9 Å². The predicted octanol–water partition coefficient (Wildman–Crippen LogP) is 2.19. The van der Waals surface area contributed by atoms with E-state index in [1.54, 1.807) is 12.1 Å². The molecule has 3 aromatic rings. The molecule has 0 bridgehead atoms. The Kier molecular flexibility index (Phi) is 2.60. The number of rotatable bonds is 1. The first-order chi connectivity index (χ1) is 9.08. The highest BCUT2D eigenvalue weighted by Crippen LogP contribution is 2.18. The number of hydrogen-bond acceptors (Lipinski definition) is 3. The normalized spacial score (nSPS) is 11.1. The molecular weight excluding hydrogens is 267 g/mol. The van der Waals surface area contributed by atoms with Crippen LogP contribution in [0.2, 0.25) is 0 Å². The smallest absolute Gasteiger partial charge is 0.306 e. The van der Waals surface area contributed by atoms with Gasteiger partial charge in [-0.2, -0.15) is 0 Å². The maximum Gasteiger partial charge on any atom is 0.334 e. The average Bonchev–Trinajstić information content (AvgIpc) is 2.75. The molecule has 3 rings (SSSR count). The van der Waals surface area contributed by atoms with E-state index in [1.807, 2.05) is 6.92 Å². The average molecular weight is 276 g/mol. The molecule has 2 heterocycles. The minimum Gasteiger partial charge on any atom is -0.306 e. The van der Waals surface area contributed by atoms with E-state index in [1.165, 1.54) is 29.5 Å². The van der Waals surface area contributed by atoms with E-state index in [0.29, 0.717) is 5.00 Å². The summed E-state index contributed by atoms with van der Waals surface area (Å²) in [7, 11) is 0. The SMILES string of the molecule is Cc1ccc(-n2c(=O)[nH]c3cccc(F)c3c2=O)s1. The van der Waals surface area contributed by atoms with Crippen molar-refractivity contribution in [1.29, 1.82) is 0 Å². The van der Waals surface area contributed by atoms with Crippen LogP contribution in [-0.4, -0.2) is 9.55 Å². The Morgan fingerprint density at radius 3 is 2.68 bits per heavy atom. The fourth-order valence-electron chi connectivity index (χ4n) is 1.96. The van der Waals surface area contributed by atoms with E-state index in [0.717, 1.165) is 9.44 Å². The lowest BCUT2D eigenvalue weighted by molar-refractivity contribution is 0.637. The second kappa shape index (κ2) is 4.17. The van der Waals surface area contributed by atoms with Gasteiger partial charge in [-0.25, -0.2) is 13.8 Å². The van der Waals surface area contributed by atoms with Gasteiger partial charge in [-0.05, 0) is 31.2 Å². The van der Waals surface area contributed by atoms with Gasteiger partial charge in [-0.3, -0.25) is 4.79 Å². The fraction of sp³-hybridized carbons (Fsp3) is 0.0769. The van der Waals surface area contributed by atoms with Gasteiger partial charge in [0, 0.05) is 4.88 Å². The van der Waals surface area contributed by atoms with Crippen molar-refractivity contribution in [1.82, 2.24) is 9.55 Å². The topological polar surface area (TPSA) is 54.9 Å². The number of halogens is 1. The van der Waals surface area contributed by atoms with Crippen molar-refractivity contribution in [2.24, 2.45) is 0 Å². The molecule has 0 fully saturated rings. The number of aromatic nitrogens is 2. The number of thiophene rings is 1. The van der Waals surface area contributed by atoms with Crippen molar-refractivity contribution < 1.29 is 4.39 Å². The molecule has 19 heavy (non-hydrogen) atoms. The van der Waals surface area contributed by atoms with Crippen LogP contribution in [-0.2, 0) is 0 Å². The third kappa shape index (κ3) is 1.80. The van der Waals surface area contributed by atoms with Crippen molar-refractivity contribution in [2.75, 3.05) is 0 Å². The first-order valence-corrected chi connectivity index (χ1v) is 6.40. The third-order valence-electron chi connectivity index (χ3n) is 2.82. The van der Waals surface area contributed by atoms with Crippen LogP contribution in [0.4, 0.5) is 4.39 Å². The minimum absolute atomic E-state index is 0.104. The van der Waals surface area contributed by atoms with E-state index in [9.17, 15) is 14.0 Å². The van der Waals surface area contributed by atoms with Gasteiger partial charge in [0.05, 0.1) is 10.9 Å². The van der Waals surface area contributed by atoms with Crippen molar-refractivity contribution in [3.05, 3.63) is 61.9 Å². The first-order valence-electron chi connectivity index (χ1n) is 5.58. The van der Waals surface area contributed by atoms with Gasteiger partial charge in [-0.15, -0.1) is 11.3 Å². The molecule has 4 nitrogen and oxygen atoms in total. The molecular formula is C13H9FN2O2S. The van der Waals surface area contributed by atoms with Gasteiger partial charge in [0.2, 0.25) is 0 Å². The lowest BCUT2D eigenvalue weighted by atomic mass is 10.2. The maximum absolute atomic E-state index is 13.7. The number of H-pyrrole nitrogens is 1. The van der Waals surface area contributed by atoms with Crippen molar-refractivity contribution in [3.8, 4) is 5.00 Å². The highest BCUT2D eigenvalue weighted by Gasteiger charge is 2.13. The number of nitrogens with one attached hydrogen (secondary N) is 1. The Morgan fingerprint density at radius 2 is 2.00 bits per heavy atom. The number of fused-ring (bicyclic) bond motifs is 1.